The first-order valence-corrected chi connectivity index (χ1v) is 8.76. The molecule has 2 rings (SSSR count). The van der Waals surface area contributed by atoms with E-state index in [0.717, 1.165) is 12.8 Å². The summed E-state index contributed by atoms with van der Waals surface area (Å²) in [6.45, 7) is 9.02. The van der Waals surface area contributed by atoms with Gasteiger partial charge < -0.3 is 5.73 Å². The molecule has 2 nitrogen and oxygen atoms in total. The van der Waals surface area contributed by atoms with E-state index in [1.807, 2.05) is 18.3 Å². The first-order valence-electron chi connectivity index (χ1n) is 8.76. The van der Waals surface area contributed by atoms with E-state index in [1.165, 1.54) is 16.8 Å². The summed E-state index contributed by atoms with van der Waals surface area (Å²) in [5.41, 5.74) is 10.3. The van der Waals surface area contributed by atoms with Crippen molar-refractivity contribution in [2.45, 2.75) is 52.5 Å². The molecule has 0 radical (unpaired) electrons. The molecule has 0 saturated carbocycles. The van der Waals surface area contributed by atoms with E-state index in [9.17, 15) is 0 Å². The van der Waals surface area contributed by atoms with Crippen LogP contribution in [0.25, 0.3) is 0 Å². The van der Waals surface area contributed by atoms with Gasteiger partial charge in [0, 0.05) is 23.9 Å². The Balaban J connectivity index is 2.07. The van der Waals surface area contributed by atoms with Gasteiger partial charge in [0.15, 0.2) is 0 Å². The fourth-order valence-corrected chi connectivity index (χ4v) is 3.44. The Morgan fingerprint density at radius 3 is 2.35 bits per heavy atom. The second-order valence-electron chi connectivity index (χ2n) is 6.81. The van der Waals surface area contributed by atoms with Crippen LogP contribution < -0.4 is 5.73 Å². The summed E-state index contributed by atoms with van der Waals surface area (Å²) in [5.74, 6) is 1.51. The molecule has 2 heteroatoms. The van der Waals surface area contributed by atoms with E-state index in [2.05, 4.69) is 63.0 Å². The van der Waals surface area contributed by atoms with Crippen molar-refractivity contribution in [3.63, 3.8) is 0 Å². The van der Waals surface area contributed by atoms with Gasteiger partial charge in [-0.25, -0.2) is 0 Å². The number of hydrogen-bond donors (Lipinski definition) is 1. The number of aryl methyl sites for hydroxylation is 1. The van der Waals surface area contributed by atoms with Crippen LogP contribution in [0, 0.1) is 18.8 Å². The number of benzene rings is 1. The van der Waals surface area contributed by atoms with Gasteiger partial charge in [0.25, 0.3) is 0 Å². The molecule has 1 aromatic heterocycles. The fraction of sp³-hybridized carbons (Fsp3) is 0.476. The highest BCUT2D eigenvalue weighted by atomic mass is 14.7. The van der Waals surface area contributed by atoms with Crippen molar-refractivity contribution in [3.8, 4) is 0 Å². The lowest BCUT2D eigenvalue weighted by Gasteiger charge is -2.29. The Kier molecular flexibility index (Phi) is 6.35. The van der Waals surface area contributed by atoms with Gasteiger partial charge in [-0.1, -0.05) is 63.6 Å². The minimum Gasteiger partial charge on any atom is -0.324 e. The summed E-state index contributed by atoms with van der Waals surface area (Å²) in [4.78, 5) is 4.60. The van der Waals surface area contributed by atoms with E-state index in [-0.39, 0.29) is 6.04 Å². The smallest absolute Gasteiger partial charge is 0.0463 e. The van der Waals surface area contributed by atoms with Gasteiger partial charge in [-0.3, -0.25) is 4.98 Å². The molecular weight excluding hydrogens is 280 g/mol. The highest BCUT2D eigenvalue weighted by Crippen LogP contribution is 2.34. The van der Waals surface area contributed by atoms with E-state index in [1.54, 1.807) is 0 Å². The van der Waals surface area contributed by atoms with Crippen molar-refractivity contribution < 1.29 is 0 Å². The van der Waals surface area contributed by atoms with Gasteiger partial charge >= 0.3 is 0 Å². The number of nitrogens with two attached hydrogens (primary N) is 1. The summed E-state index contributed by atoms with van der Waals surface area (Å²) in [5, 5.41) is 0. The molecule has 0 saturated heterocycles. The molecule has 0 aliphatic carbocycles. The third-order valence-electron chi connectivity index (χ3n) is 5.23. The molecule has 0 spiro atoms. The van der Waals surface area contributed by atoms with Crippen LogP contribution in [0.3, 0.4) is 0 Å². The summed E-state index contributed by atoms with van der Waals surface area (Å²) in [7, 11) is 0. The molecule has 0 amide bonds. The molecular formula is C21H30N2. The minimum absolute atomic E-state index is 0.112. The normalized spacial score (nSPS) is 16.6. The summed E-state index contributed by atoms with van der Waals surface area (Å²) in [6, 6.07) is 14.8. The van der Waals surface area contributed by atoms with Crippen molar-refractivity contribution in [2.24, 2.45) is 17.6 Å². The predicted octanol–water partition coefficient (Wildman–Crippen LogP) is 5.25. The number of rotatable bonds is 7. The first kappa shape index (κ1) is 17.7. The molecule has 2 N–H and O–H groups in total. The third kappa shape index (κ3) is 4.42. The molecule has 0 aliphatic rings. The SMILES string of the molecule is CC[C@H](CC(C)C(C)c1ncccc1C)[C@@H](N)c1ccccc1. The number of hydrogen-bond acceptors (Lipinski definition) is 2. The summed E-state index contributed by atoms with van der Waals surface area (Å²) in [6.07, 6.45) is 4.14. The van der Waals surface area contributed by atoms with Gasteiger partial charge in [0.2, 0.25) is 0 Å². The monoisotopic (exact) mass is 310 g/mol. The van der Waals surface area contributed by atoms with Crippen LogP contribution in [0.1, 0.15) is 62.4 Å². The Hall–Kier alpha value is -1.67. The van der Waals surface area contributed by atoms with Gasteiger partial charge in [-0.15, -0.1) is 0 Å². The summed E-state index contributed by atoms with van der Waals surface area (Å²) < 4.78 is 0. The van der Waals surface area contributed by atoms with Crippen LogP contribution in [0.4, 0.5) is 0 Å². The van der Waals surface area contributed by atoms with Crippen LogP contribution in [-0.2, 0) is 0 Å². The zero-order chi connectivity index (χ0) is 16.8. The molecule has 0 fully saturated rings. The molecule has 4 atom stereocenters. The molecule has 1 heterocycles. The van der Waals surface area contributed by atoms with Crippen molar-refractivity contribution in [1.82, 2.24) is 4.98 Å². The summed E-state index contributed by atoms with van der Waals surface area (Å²) >= 11 is 0. The molecule has 23 heavy (non-hydrogen) atoms. The maximum absolute atomic E-state index is 6.55. The van der Waals surface area contributed by atoms with Gasteiger partial charge in [-0.05, 0) is 42.4 Å². The Morgan fingerprint density at radius 1 is 1.04 bits per heavy atom. The molecule has 124 valence electrons. The molecule has 0 bridgehead atoms. The Bertz CT molecular complexity index is 594. The molecule has 1 aromatic carbocycles. The van der Waals surface area contributed by atoms with E-state index in [0.29, 0.717) is 17.8 Å². The van der Waals surface area contributed by atoms with Crippen LogP contribution in [0.5, 0.6) is 0 Å². The van der Waals surface area contributed by atoms with E-state index < -0.39 is 0 Å². The molecule has 2 aromatic rings. The number of nitrogens with zero attached hydrogens (tertiary/aromatic N) is 1. The highest BCUT2D eigenvalue weighted by Gasteiger charge is 2.24. The van der Waals surface area contributed by atoms with E-state index in [4.69, 9.17) is 5.73 Å². The van der Waals surface area contributed by atoms with Crippen LogP contribution in [0.15, 0.2) is 48.7 Å². The minimum atomic E-state index is 0.112. The fourth-order valence-electron chi connectivity index (χ4n) is 3.44. The number of aromatic nitrogens is 1. The zero-order valence-electron chi connectivity index (χ0n) is 14.9. The highest BCUT2D eigenvalue weighted by molar-refractivity contribution is 5.22. The van der Waals surface area contributed by atoms with Crippen LogP contribution in [-0.4, -0.2) is 4.98 Å². The Morgan fingerprint density at radius 2 is 1.74 bits per heavy atom. The number of pyridine rings is 1. The Labute approximate surface area is 141 Å². The van der Waals surface area contributed by atoms with Crippen molar-refractivity contribution in [2.75, 3.05) is 0 Å². The van der Waals surface area contributed by atoms with Gasteiger partial charge in [0.1, 0.15) is 0 Å². The third-order valence-corrected chi connectivity index (χ3v) is 5.23. The van der Waals surface area contributed by atoms with Crippen molar-refractivity contribution in [1.29, 1.82) is 0 Å². The zero-order valence-corrected chi connectivity index (χ0v) is 14.9. The second kappa shape index (κ2) is 8.26. The standard InChI is InChI=1S/C21H30N2/c1-5-18(20(22)19-11-7-6-8-12-19)14-16(3)17(4)21-15(2)10-9-13-23-21/h6-13,16-18,20H,5,14,22H2,1-4H3/t16?,17?,18-,20-/m1/s1. The second-order valence-corrected chi connectivity index (χ2v) is 6.81. The largest absolute Gasteiger partial charge is 0.324 e. The lowest BCUT2D eigenvalue weighted by atomic mass is 9.79. The van der Waals surface area contributed by atoms with Crippen LogP contribution in [0.2, 0.25) is 0 Å². The lowest BCUT2D eigenvalue weighted by Crippen LogP contribution is -2.24. The quantitative estimate of drug-likeness (QED) is 0.759. The topological polar surface area (TPSA) is 38.9 Å². The lowest BCUT2D eigenvalue weighted by molar-refractivity contribution is 0.303. The molecule has 0 aliphatic heterocycles. The average Bonchev–Trinajstić information content (AvgIpc) is 2.59. The van der Waals surface area contributed by atoms with Gasteiger partial charge in [-0.2, -0.15) is 0 Å². The van der Waals surface area contributed by atoms with Crippen LogP contribution >= 0.6 is 0 Å². The van der Waals surface area contributed by atoms with Crippen molar-refractivity contribution >= 4 is 0 Å². The van der Waals surface area contributed by atoms with E-state index >= 15 is 0 Å². The van der Waals surface area contributed by atoms with Crippen molar-refractivity contribution in [3.05, 3.63) is 65.5 Å². The maximum Gasteiger partial charge on any atom is 0.0463 e. The predicted molar refractivity (Wildman–Crippen MR) is 98.3 cm³/mol. The first-order chi connectivity index (χ1) is 11.0. The maximum atomic E-state index is 6.55. The van der Waals surface area contributed by atoms with Gasteiger partial charge in [0.05, 0.1) is 0 Å². The molecule has 2 unspecified atom stereocenters. The average molecular weight is 310 g/mol.